The van der Waals surface area contributed by atoms with Gasteiger partial charge in [0.15, 0.2) is 5.01 Å². The van der Waals surface area contributed by atoms with Crippen molar-refractivity contribution in [3.63, 3.8) is 0 Å². The van der Waals surface area contributed by atoms with Gasteiger partial charge in [0.05, 0.1) is 18.1 Å². The summed E-state index contributed by atoms with van der Waals surface area (Å²) in [4.78, 5) is 15.1. The quantitative estimate of drug-likeness (QED) is 0.524. The molecule has 0 spiro atoms. The highest BCUT2D eigenvalue weighted by molar-refractivity contribution is 7.10. The van der Waals surface area contributed by atoms with Crippen molar-refractivity contribution in [1.82, 2.24) is 10.1 Å². The van der Waals surface area contributed by atoms with Crippen LogP contribution in [0.25, 0.3) is 11.3 Å². The third kappa shape index (κ3) is 3.45. The number of nitrogens with zero attached hydrogens (tertiary/aromatic N) is 2. The molecule has 24 heavy (non-hydrogen) atoms. The first kappa shape index (κ1) is 15.8. The van der Waals surface area contributed by atoms with Gasteiger partial charge >= 0.3 is 6.16 Å². The summed E-state index contributed by atoms with van der Waals surface area (Å²) in [6, 6.07) is 9.66. The van der Waals surface area contributed by atoms with E-state index in [1.54, 1.807) is 12.3 Å². The van der Waals surface area contributed by atoms with Gasteiger partial charge in [-0.1, -0.05) is 41.4 Å². The zero-order valence-corrected chi connectivity index (χ0v) is 13.7. The average Bonchev–Trinajstić information content (AvgIpc) is 3.20. The van der Waals surface area contributed by atoms with Crippen molar-refractivity contribution >= 4 is 17.5 Å². The van der Waals surface area contributed by atoms with Crippen molar-refractivity contribution in [3.05, 3.63) is 52.0 Å². The van der Waals surface area contributed by atoms with E-state index in [0.717, 1.165) is 5.56 Å². The first-order valence-corrected chi connectivity index (χ1v) is 7.80. The standard InChI is InChI=1S/C17H12N2O4S/c1-11-13(16(19-23-11)12-6-4-3-5-7-12)8-9-15-18-14(10-24-15)22-17(20)21-2/h3-7,10H,1-2H3. The lowest BCUT2D eigenvalue weighted by Crippen LogP contribution is -2.07. The number of carbonyl (C=O) groups is 1. The van der Waals surface area contributed by atoms with E-state index in [1.807, 2.05) is 30.3 Å². The van der Waals surface area contributed by atoms with E-state index in [4.69, 9.17) is 9.26 Å². The van der Waals surface area contributed by atoms with Crippen molar-refractivity contribution in [3.8, 4) is 29.0 Å². The van der Waals surface area contributed by atoms with Gasteiger partial charge in [-0.05, 0) is 12.8 Å². The molecular weight excluding hydrogens is 328 g/mol. The van der Waals surface area contributed by atoms with E-state index in [1.165, 1.54) is 18.4 Å². The molecule has 120 valence electrons. The molecule has 0 aliphatic heterocycles. The van der Waals surface area contributed by atoms with Gasteiger partial charge in [0, 0.05) is 5.56 Å². The molecule has 0 aliphatic carbocycles. The van der Waals surface area contributed by atoms with Gasteiger partial charge in [0.1, 0.15) is 11.5 Å². The molecule has 0 aliphatic rings. The molecule has 0 amide bonds. The van der Waals surface area contributed by atoms with Crippen LogP contribution >= 0.6 is 11.3 Å². The normalized spacial score (nSPS) is 9.92. The first-order chi connectivity index (χ1) is 11.7. The van der Waals surface area contributed by atoms with Crippen molar-refractivity contribution in [1.29, 1.82) is 0 Å². The van der Waals surface area contributed by atoms with Gasteiger partial charge < -0.3 is 14.0 Å². The summed E-state index contributed by atoms with van der Waals surface area (Å²) in [5, 5.41) is 6.16. The second-order valence-corrected chi connectivity index (χ2v) is 5.48. The maximum atomic E-state index is 11.0. The van der Waals surface area contributed by atoms with Crippen LogP contribution < -0.4 is 4.74 Å². The Morgan fingerprint density at radius 2 is 2.04 bits per heavy atom. The Balaban J connectivity index is 1.87. The third-order valence-electron chi connectivity index (χ3n) is 3.04. The summed E-state index contributed by atoms with van der Waals surface area (Å²) < 4.78 is 14.5. The van der Waals surface area contributed by atoms with Gasteiger partial charge in [0.25, 0.3) is 0 Å². The molecule has 1 aromatic carbocycles. The molecule has 3 aromatic rings. The molecule has 0 fully saturated rings. The molecule has 0 saturated heterocycles. The number of aromatic nitrogens is 2. The summed E-state index contributed by atoms with van der Waals surface area (Å²) in [6.07, 6.45) is -0.818. The summed E-state index contributed by atoms with van der Waals surface area (Å²) in [5.74, 6) is 6.74. The van der Waals surface area contributed by atoms with Crippen molar-refractivity contribution in [2.75, 3.05) is 7.11 Å². The van der Waals surface area contributed by atoms with Gasteiger partial charge in [0.2, 0.25) is 5.88 Å². The highest BCUT2D eigenvalue weighted by Gasteiger charge is 2.13. The maximum absolute atomic E-state index is 11.0. The van der Waals surface area contributed by atoms with E-state index in [-0.39, 0.29) is 5.88 Å². The van der Waals surface area contributed by atoms with Crippen molar-refractivity contribution in [2.45, 2.75) is 6.92 Å². The highest BCUT2D eigenvalue weighted by atomic mass is 32.1. The number of methoxy groups -OCH3 is 1. The van der Waals surface area contributed by atoms with Crippen molar-refractivity contribution < 1.29 is 18.8 Å². The van der Waals surface area contributed by atoms with Crippen LogP contribution in [0.3, 0.4) is 0 Å². The van der Waals surface area contributed by atoms with Crippen LogP contribution in [0.2, 0.25) is 0 Å². The lowest BCUT2D eigenvalue weighted by Gasteiger charge is -1.95. The molecule has 0 unspecified atom stereocenters. The Morgan fingerprint density at radius 1 is 1.25 bits per heavy atom. The molecule has 0 bridgehead atoms. The summed E-state index contributed by atoms with van der Waals surface area (Å²) in [7, 11) is 1.23. The maximum Gasteiger partial charge on any atom is 0.514 e. The van der Waals surface area contributed by atoms with Gasteiger partial charge in [-0.15, -0.1) is 11.3 Å². The van der Waals surface area contributed by atoms with Gasteiger partial charge in [-0.25, -0.2) is 4.79 Å². The number of carbonyl (C=O) groups excluding carboxylic acids is 1. The van der Waals surface area contributed by atoms with Crippen LogP contribution in [-0.4, -0.2) is 23.4 Å². The molecule has 0 atom stereocenters. The number of hydrogen-bond donors (Lipinski definition) is 0. The van der Waals surface area contributed by atoms with E-state index in [0.29, 0.717) is 22.0 Å². The zero-order valence-electron chi connectivity index (χ0n) is 12.9. The number of hydrogen-bond acceptors (Lipinski definition) is 7. The molecule has 2 heterocycles. The minimum absolute atomic E-state index is 0.154. The number of aryl methyl sites for hydroxylation is 1. The summed E-state index contributed by atoms with van der Waals surface area (Å²) >= 11 is 1.26. The molecule has 0 saturated carbocycles. The lowest BCUT2D eigenvalue weighted by molar-refractivity contribution is 0.120. The fourth-order valence-corrected chi connectivity index (χ4v) is 2.48. The SMILES string of the molecule is COC(=O)Oc1csc(C#Cc2c(-c3ccccc3)noc2C)n1. The Labute approximate surface area is 142 Å². The van der Waals surface area contributed by atoms with Gasteiger partial charge in [-0.2, -0.15) is 4.98 Å². The van der Waals surface area contributed by atoms with E-state index in [2.05, 4.69) is 26.7 Å². The Kier molecular flexibility index (Phi) is 4.59. The van der Waals surface area contributed by atoms with Gasteiger partial charge in [-0.3, -0.25) is 0 Å². The fraction of sp³-hybridized carbons (Fsp3) is 0.118. The minimum atomic E-state index is -0.818. The number of benzene rings is 1. The predicted octanol–water partition coefficient (Wildman–Crippen LogP) is 3.65. The third-order valence-corrected chi connectivity index (χ3v) is 3.78. The summed E-state index contributed by atoms with van der Waals surface area (Å²) in [5.41, 5.74) is 2.31. The Bertz CT molecular complexity index is 919. The second-order valence-electron chi connectivity index (χ2n) is 4.63. The van der Waals surface area contributed by atoms with Crippen LogP contribution in [-0.2, 0) is 4.74 Å². The average molecular weight is 340 g/mol. The van der Waals surface area contributed by atoms with E-state index < -0.39 is 6.16 Å². The van der Waals surface area contributed by atoms with Crippen LogP contribution in [0.5, 0.6) is 5.88 Å². The van der Waals surface area contributed by atoms with E-state index >= 15 is 0 Å². The topological polar surface area (TPSA) is 74.5 Å². The van der Waals surface area contributed by atoms with Crippen LogP contribution in [0.4, 0.5) is 4.79 Å². The van der Waals surface area contributed by atoms with Crippen molar-refractivity contribution in [2.24, 2.45) is 0 Å². The molecule has 6 nitrogen and oxygen atoms in total. The van der Waals surface area contributed by atoms with Crippen LogP contribution in [0.1, 0.15) is 16.3 Å². The Hall–Kier alpha value is -3.11. The first-order valence-electron chi connectivity index (χ1n) is 6.92. The van der Waals surface area contributed by atoms with Crippen LogP contribution in [0.15, 0.2) is 40.2 Å². The molecule has 7 heteroatoms. The van der Waals surface area contributed by atoms with E-state index in [9.17, 15) is 4.79 Å². The second kappa shape index (κ2) is 6.98. The Morgan fingerprint density at radius 3 is 2.79 bits per heavy atom. The molecule has 2 aromatic heterocycles. The number of rotatable bonds is 2. The molecule has 3 rings (SSSR count). The molecule has 0 radical (unpaired) electrons. The molecule has 0 N–H and O–H groups in total. The zero-order chi connectivity index (χ0) is 16.9. The monoisotopic (exact) mass is 340 g/mol. The number of ether oxygens (including phenoxy) is 2. The largest absolute Gasteiger partial charge is 0.514 e. The van der Waals surface area contributed by atoms with Crippen LogP contribution in [0, 0.1) is 18.8 Å². The minimum Gasteiger partial charge on any atom is -0.437 e. The lowest BCUT2D eigenvalue weighted by atomic mass is 10.1. The smallest absolute Gasteiger partial charge is 0.437 e. The fourth-order valence-electron chi connectivity index (χ4n) is 1.92. The highest BCUT2D eigenvalue weighted by Crippen LogP contribution is 2.24. The number of thiazole rings is 1. The summed E-state index contributed by atoms with van der Waals surface area (Å²) in [6.45, 7) is 1.80. The molecular formula is C17H12N2O4S. The predicted molar refractivity (Wildman–Crippen MR) is 87.8 cm³/mol.